The zero-order valence-corrected chi connectivity index (χ0v) is 16.9. The summed E-state index contributed by atoms with van der Waals surface area (Å²) in [6.07, 6.45) is 4.17. The highest BCUT2D eigenvalue weighted by molar-refractivity contribution is 5.92. The zero-order chi connectivity index (χ0) is 22.4. The van der Waals surface area contributed by atoms with E-state index in [-0.39, 0.29) is 23.8 Å². The first-order valence-corrected chi connectivity index (χ1v) is 9.14. The Morgan fingerprint density at radius 2 is 2.10 bits per heavy atom. The van der Waals surface area contributed by atoms with Crippen LogP contribution in [0.1, 0.15) is 10.5 Å². The van der Waals surface area contributed by atoms with E-state index in [9.17, 15) is 14.9 Å². The van der Waals surface area contributed by atoms with Gasteiger partial charge in [0.25, 0.3) is 0 Å². The van der Waals surface area contributed by atoms with Gasteiger partial charge in [-0.1, -0.05) is 12.1 Å². The van der Waals surface area contributed by atoms with Gasteiger partial charge in [-0.15, -0.1) is 0 Å². The average Bonchev–Trinajstić information content (AvgIpc) is 2.79. The number of ether oxygens (including phenoxy) is 2. The number of anilines is 2. The van der Waals surface area contributed by atoms with Crippen molar-refractivity contribution in [3.8, 4) is 17.0 Å². The van der Waals surface area contributed by atoms with E-state index in [1.165, 1.54) is 25.7 Å². The summed E-state index contributed by atoms with van der Waals surface area (Å²) >= 11 is 0. The molecule has 0 aliphatic rings. The van der Waals surface area contributed by atoms with Gasteiger partial charge in [0.15, 0.2) is 11.5 Å². The highest BCUT2D eigenvalue weighted by Gasteiger charge is 2.17. The Kier molecular flexibility index (Phi) is 6.55. The first kappa shape index (κ1) is 21.4. The van der Waals surface area contributed by atoms with Crippen LogP contribution in [0.3, 0.4) is 0 Å². The minimum absolute atomic E-state index is 0.0174. The number of hydrogen-bond acceptors (Lipinski definition) is 10. The van der Waals surface area contributed by atoms with Crippen LogP contribution in [0.4, 0.5) is 17.2 Å². The molecule has 2 heterocycles. The molecule has 0 saturated carbocycles. The third-order valence-electron chi connectivity index (χ3n) is 4.39. The number of hydrogen-bond donors (Lipinski definition) is 1. The van der Waals surface area contributed by atoms with Crippen molar-refractivity contribution in [1.29, 1.82) is 0 Å². The molecule has 0 aliphatic heterocycles. The number of likely N-dealkylation sites (N-methyl/N-ethyl adjacent to an activating group) is 1. The van der Waals surface area contributed by atoms with Crippen LogP contribution in [0, 0.1) is 10.1 Å². The Hall–Kier alpha value is -4.28. The quantitative estimate of drug-likeness (QED) is 0.324. The first-order chi connectivity index (χ1) is 14.9. The summed E-state index contributed by atoms with van der Waals surface area (Å²) in [5.41, 5.74) is 7.12. The van der Waals surface area contributed by atoms with E-state index in [0.29, 0.717) is 29.2 Å². The number of benzene rings is 1. The average molecular weight is 424 g/mol. The van der Waals surface area contributed by atoms with Crippen molar-refractivity contribution in [2.75, 3.05) is 37.9 Å². The molecule has 3 rings (SSSR count). The maximum atomic E-state index is 11.8. The van der Waals surface area contributed by atoms with E-state index in [1.54, 1.807) is 42.3 Å². The smallest absolute Gasteiger partial charge is 0.360 e. The summed E-state index contributed by atoms with van der Waals surface area (Å²) in [7, 11) is 2.97. The summed E-state index contributed by atoms with van der Waals surface area (Å²) < 4.78 is 10.5. The molecule has 11 nitrogen and oxygen atoms in total. The molecule has 0 spiro atoms. The van der Waals surface area contributed by atoms with Crippen LogP contribution in [0.5, 0.6) is 5.75 Å². The van der Waals surface area contributed by atoms with E-state index >= 15 is 0 Å². The molecule has 11 heteroatoms. The lowest BCUT2D eigenvalue weighted by molar-refractivity contribution is -0.384. The molecule has 0 atom stereocenters. The number of pyridine rings is 1. The van der Waals surface area contributed by atoms with E-state index in [2.05, 4.69) is 19.7 Å². The van der Waals surface area contributed by atoms with Crippen LogP contribution in [-0.2, 0) is 4.74 Å². The lowest BCUT2D eigenvalue weighted by Crippen LogP contribution is -2.24. The van der Waals surface area contributed by atoms with Crippen LogP contribution < -0.4 is 15.4 Å². The van der Waals surface area contributed by atoms with Crippen molar-refractivity contribution in [3.63, 3.8) is 0 Å². The van der Waals surface area contributed by atoms with Gasteiger partial charge < -0.3 is 20.1 Å². The van der Waals surface area contributed by atoms with Gasteiger partial charge in [0.2, 0.25) is 0 Å². The fraction of sp³-hybridized carbons (Fsp3) is 0.200. The van der Waals surface area contributed by atoms with Crippen molar-refractivity contribution >= 4 is 23.2 Å². The number of nitrogens with zero attached hydrogens (tertiary/aromatic N) is 5. The van der Waals surface area contributed by atoms with Crippen LogP contribution in [0.15, 0.2) is 48.9 Å². The summed E-state index contributed by atoms with van der Waals surface area (Å²) in [5, 5.41) is 11.2. The standard InChI is InChI=1S/C20H20N6O5/c1-25(16-6-7-22-12-17(16)26(28)29)8-9-31-14-5-3-4-13(10-14)15-11-23-19(21)18(24-15)20(27)30-2/h3-7,10-12H,8-9H2,1-2H3,(H2,21,23). The third kappa shape index (κ3) is 5.01. The molecule has 2 N–H and O–H groups in total. The Morgan fingerprint density at radius 1 is 1.29 bits per heavy atom. The number of methoxy groups -OCH3 is 1. The van der Waals surface area contributed by atoms with Gasteiger partial charge in [-0.2, -0.15) is 0 Å². The van der Waals surface area contributed by atoms with Gasteiger partial charge in [-0.25, -0.2) is 14.8 Å². The number of nitro groups is 1. The van der Waals surface area contributed by atoms with E-state index in [0.717, 1.165) is 0 Å². The monoisotopic (exact) mass is 424 g/mol. The summed E-state index contributed by atoms with van der Waals surface area (Å²) in [4.78, 5) is 36.2. The van der Waals surface area contributed by atoms with Crippen molar-refractivity contribution in [1.82, 2.24) is 15.0 Å². The zero-order valence-electron chi connectivity index (χ0n) is 16.9. The number of carbonyl (C=O) groups excluding carboxylic acids is 1. The Balaban J connectivity index is 1.70. The minimum atomic E-state index is -0.674. The Labute approximate surface area is 177 Å². The van der Waals surface area contributed by atoms with Crippen LogP contribution >= 0.6 is 0 Å². The molecule has 2 aromatic heterocycles. The molecule has 0 aliphatic carbocycles. The topological polar surface area (TPSA) is 147 Å². The number of esters is 1. The fourth-order valence-electron chi connectivity index (χ4n) is 2.79. The van der Waals surface area contributed by atoms with Crippen molar-refractivity contribution < 1.29 is 19.2 Å². The second kappa shape index (κ2) is 9.48. The van der Waals surface area contributed by atoms with Gasteiger partial charge in [0.05, 0.1) is 30.5 Å². The maximum Gasteiger partial charge on any atom is 0.360 e. The first-order valence-electron chi connectivity index (χ1n) is 9.14. The summed E-state index contributed by atoms with van der Waals surface area (Å²) in [6, 6.07) is 8.66. The van der Waals surface area contributed by atoms with Crippen molar-refractivity contribution in [3.05, 3.63) is 64.7 Å². The molecule has 0 radical (unpaired) electrons. The number of nitrogen functional groups attached to an aromatic ring is 1. The normalized spacial score (nSPS) is 10.4. The van der Waals surface area contributed by atoms with E-state index in [1.807, 2.05) is 0 Å². The predicted molar refractivity (Wildman–Crippen MR) is 113 cm³/mol. The van der Waals surface area contributed by atoms with E-state index < -0.39 is 10.9 Å². The summed E-state index contributed by atoms with van der Waals surface area (Å²) in [6.45, 7) is 0.684. The number of aromatic nitrogens is 3. The highest BCUT2D eigenvalue weighted by Crippen LogP contribution is 2.26. The molecule has 31 heavy (non-hydrogen) atoms. The van der Waals surface area contributed by atoms with Gasteiger partial charge >= 0.3 is 11.7 Å². The van der Waals surface area contributed by atoms with Crippen LogP contribution in [0.25, 0.3) is 11.3 Å². The molecular weight excluding hydrogens is 404 g/mol. The SMILES string of the molecule is COC(=O)c1nc(-c2cccc(OCCN(C)c3ccncc3[N+](=O)[O-])c2)cnc1N. The predicted octanol–water partition coefficient (Wildman–Crippen LogP) is 2.33. The van der Waals surface area contributed by atoms with Crippen LogP contribution in [-0.4, -0.2) is 53.2 Å². The van der Waals surface area contributed by atoms with E-state index in [4.69, 9.17) is 10.5 Å². The van der Waals surface area contributed by atoms with Crippen molar-refractivity contribution in [2.45, 2.75) is 0 Å². The minimum Gasteiger partial charge on any atom is -0.492 e. The molecule has 0 saturated heterocycles. The Morgan fingerprint density at radius 3 is 2.84 bits per heavy atom. The summed E-state index contributed by atoms with van der Waals surface area (Å²) in [5.74, 6) is -0.128. The molecule has 0 amide bonds. The lowest BCUT2D eigenvalue weighted by atomic mass is 10.1. The molecule has 0 unspecified atom stereocenters. The second-order valence-corrected chi connectivity index (χ2v) is 6.40. The maximum absolute atomic E-state index is 11.8. The molecule has 3 aromatic rings. The number of nitrogens with two attached hydrogens (primary N) is 1. The molecule has 160 valence electrons. The van der Waals surface area contributed by atoms with Gasteiger partial charge in [0.1, 0.15) is 24.2 Å². The molecule has 1 aromatic carbocycles. The third-order valence-corrected chi connectivity index (χ3v) is 4.39. The second-order valence-electron chi connectivity index (χ2n) is 6.40. The van der Waals surface area contributed by atoms with Crippen molar-refractivity contribution in [2.24, 2.45) is 0 Å². The fourth-order valence-corrected chi connectivity index (χ4v) is 2.79. The van der Waals surface area contributed by atoms with Gasteiger partial charge in [-0.3, -0.25) is 15.1 Å². The largest absolute Gasteiger partial charge is 0.492 e. The van der Waals surface area contributed by atoms with Gasteiger partial charge in [-0.05, 0) is 18.2 Å². The highest BCUT2D eigenvalue weighted by atomic mass is 16.6. The van der Waals surface area contributed by atoms with Gasteiger partial charge in [0, 0.05) is 18.8 Å². The number of rotatable bonds is 8. The molecular formula is C20H20N6O5. The lowest BCUT2D eigenvalue weighted by Gasteiger charge is -2.19. The Bertz CT molecular complexity index is 1110. The van der Waals surface area contributed by atoms with Crippen LogP contribution in [0.2, 0.25) is 0 Å². The molecule has 0 bridgehead atoms. The number of carbonyl (C=O) groups is 1. The molecule has 0 fully saturated rings.